The first-order valence-electron chi connectivity index (χ1n) is 43.8. The normalized spacial score (nSPS) is 10.7. The predicted octanol–water partition coefficient (Wildman–Crippen LogP) is 23.2. The summed E-state index contributed by atoms with van der Waals surface area (Å²) < 4.78 is 8.72. The van der Waals surface area contributed by atoms with Crippen molar-refractivity contribution in [2.75, 3.05) is 31.9 Å². The molecule has 18 aromatic rings. The zero-order valence-electron chi connectivity index (χ0n) is 79.5. The van der Waals surface area contributed by atoms with Crippen molar-refractivity contribution in [2.45, 2.75) is 90.0 Å². The maximum absolute atomic E-state index is 12.4. The van der Waals surface area contributed by atoms with Crippen LogP contribution < -0.4 is 31.9 Å². The smallest absolute Gasteiger partial charge is 0.277 e. The number of halogens is 8. The van der Waals surface area contributed by atoms with Crippen LogP contribution in [0, 0.1) is 90.0 Å². The van der Waals surface area contributed by atoms with Crippen LogP contribution in [0.3, 0.4) is 0 Å². The van der Waals surface area contributed by atoms with Crippen LogP contribution in [-0.4, -0.2) is 146 Å². The fourth-order valence-corrected chi connectivity index (χ4v) is 15.0. The lowest BCUT2D eigenvalue weighted by Crippen LogP contribution is -2.13. The van der Waals surface area contributed by atoms with Crippen LogP contribution in [0.1, 0.15) is 135 Å². The number of phenols is 4. The molecule has 0 radical (unpaired) electrons. The first kappa shape index (κ1) is 106. The van der Waals surface area contributed by atoms with Gasteiger partial charge in [-0.05, 0) is 278 Å². The SMILES string of the molecule is Cc1cc(O)cc(-n2cc(C(=O)Nc3cc(Cl)ccc3C)nn2)c1.Cc1ccc(-n2cc(C(=O)Nc3cc(Cl)ccc3C)nn2)cc1O.Cc1ccc(-n2cc(C(=O)Nc3cc(Cl)ccc3C)nn2)cc1O.Cc1ccc(Cl)cc1NC(=O)c1cn(-c2ccc(C)c(O)c2Cl)nn1.Cc1ccc(Cl)cc1NC(=O)c1cn(-c2cccc(C)c2C)nn1.Cc1ccc(Cl)cc1NC(=O)c1cn(-c2cccc(C)c2Cl)nn1. The fourth-order valence-electron chi connectivity index (χ4n) is 13.4. The average molecular weight is 2110 g/mol. The van der Waals surface area contributed by atoms with Crippen molar-refractivity contribution in [1.82, 2.24) is 90.0 Å². The fraction of sp³-hybridized carbons (Fsp3) is 0.126. The number of aromatic nitrogens is 18. The molecule has 10 N–H and O–H groups in total. The van der Waals surface area contributed by atoms with Crippen LogP contribution in [0.2, 0.25) is 40.2 Å². The third-order valence-electron chi connectivity index (χ3n) is 22.1. The Labute approximate surface area is 870 Å². The number of hydrogen-bond acceptors (Lipinski definition) is 22. The maximum atomic E-state index is 12.4. The minimum atomic E-state index is -0.427. The van der Waals surface area contributed by atoms with E-state index >= 15 is 0 Å². The van der Waals surface area contributed by atoms with E-state index in [1.165, 1.54) is 54.4 Å². The monoisotopic (exact) mass is 2100 g/mol. The van der Waals surface area contributed by atoms with E-state index in [0.717, 1.165) is 72.4 Å². The first-order valence-corrected chi connectivity index (χ1v) is 46.8. The second-order valence-electron chi connectivity index (χ2n) is 32.9. The average Bonchev–Trinajstić information content (AvgIpc) is 1.74. The molecular weight excluding hydrogens is 2020 g/mol. The largest absolute Gasteiger partial charge is 0.508 e. The van der Waals surface area contributed by atoms with Crippen molar-refractivity contribution in [3.63, 3.8) is 0 Å². The van der Waals surface area contributed by atoms with Gasteiger partial charge in [0, 0.05) is 82.5 Å². The van der Waals surface area contributed by atoms with Crippen molar-refractivity contribution in [1.29, 1.82) is 0 Å². The number of nitrogens with zero attached hydrogens (tertiary/aromatic N) is 18. The summed E-state index contributed by atoms with van der Waals surface area (Å²) in [5.74, 6) is -1.87. The summed E-state index contributed by atoms with van der Waals surface area (Å²) in [4.78, 5) is 74.1. The van der Waals surface area contributed by atoms with Gasteiger partial charge in [-0.1, -0.05) is 203 Å². The number of phenolic OH excluding ortho intramolecular Hbond substituents is 4. The van der Waals surface area contributed by atoms with Crippen LogP contribution in [0.15, 0.2) is 250 Å². The first-order chi connectivity index (χ1) is 69.1. The Balaban J connectivity index is 0.000000146. The van der Waals surface area contributed by atoms with Gasteiger partial charge in [-0.3, -0.25) is 28.8 Å². The molecule has 0 aliphatic carbocycles. The van der Waals surface area contributed by atoms with E-state index in [9.17, 15) is 49.2 Å². The molecule has 12 aromatic carbocycles. The van der Waals surface area contributed by atoms with E-state index in [4.69, 9.17) is 92.8 Å². The number of amides is 6. The standard InChI is InChI=1S/C18H17ClN4O.C17H14Cl2N4O2.C17H14Cl2N4O.3C17H15ClN4O2/c1-11-5-4-6-17(13(11)3)23-10-16(21-22-23)18(24)20-15-9-14(19)8-7-12(15)2;1-9-3-5-11(18)7-12(9)20-17(25)13-8-23(22-21-13)14-6-4-10(2)16(24)15(14)19;1-10-6-7-12(18)8-13(10)20-17(24)14-9-23(22-21-14)15-5-3-4-11(2)16(15)19;2*1-10-3-5-12(18)7-14(10)19-17(24)15-9-22(21-20-15)13-6-4-11(2)16(23)8-13;1-10-5-13(8-14(23)6-10)22-9-16(20-21-22)17(24)19-15-7-12(18)4-3-11(15)2/h4-10H,1-3H3,(H,20,24);3-8,24H,1-2H3,(H,20,25);3-9H,1-2H3,(H,20,24);3*3-9,23H,1-2H3,(H,19,24). The number of aryl methyl sites for hydroxylation is 12. The molecule has 0 fully saturated rings. The Morgan fingerprint density at radius 1 is 0.241 bits per heavy atom. The van der Waals surface area contributed by atoms with Crippen molar-refractivity contribution >= 4 is 162 Å². The predicted molar refractivity (Wildman–Crippen MR) is 563 cm³/mol. The number of anilines is 6. The van der Waals surface area contributed by atoms with Gasteiger partial charge in [0.1, 0.15) is 28.0 Å². The van der Waals surface area contributed by atoms with E-state index in [0.29, 0.717) is 103 Å². The van der Waals surface area contributed by atoms with Gasteiger partial charge >= 0.3 is 0 Å². The second kappa shape index (κ2) is 47.6. The zero-order valence-corrected chi connectivity index (χ0v) is 85.5. The van der Waals surface area contributed by atoms with E-state index in [1.807, 2.05) is 148 Å². The highest BCUT2D eigenvalue weighted by atomic mass is 35.5. The topological polar surface area (TPSA) is 440 Å². The lowest BCUT2D eigenvalue weighted by atomic mass is 10.1. The minimum Gasteiger partial charge on any atom is -0.508 e. The highest BCUT2D eigenvalue weighted by Crippen LogP contribution is 2.35. The molecule has 6 amide bonds. The molecule has 34 nitrogen and oxygen atoms in total. The van der Waals surface area contributed by atoms with Crippen LogP contribution >= 0.6 is 92.8 Å². The highest BCUT2D eigenvalue weighted by molar-refractivity contribution is 6.35. The van der Waals surface area contributed by atoms with E-state index in [1.54, 1.807) is 165 Å². The van der Waals surface area contributed by atoms with Crippen molar-refractivity contribution in [3.05, 3.63) is 396 Å². The quantitative estimate of drug-likeness (QED) is 0.0381. The van der Waals surface area contributed by atoms with Gasteiger partial charge in [0.25, 0.3) is 35.4 Å². The molecule has 18 rings (SSSR count). The van der Waals surface area contributed by atoms with Crippen LogP contribution in [0.4, 0.5) is 34.1 Å². The number of hydrogen-bond donors (Lipinski definition) is 10. The number of carbonyl (C=O) groups is 6. The molecule has 738 valence electrons. The van der Waals surface area contributed by atoms with Crippen LogP contribution in [-0.2, 0) is 0 Å². The van der Waals surface area contributed by atoms with Gasteiger partial charge in [0.05, 0.1) is 76.3 Å². The summed E-state index contributed by atoms with van der Waals surface area (Å²) in [5, 5.41) is 107. The number of carbonyl (C=O) groups excluding carboxylic acids is 6. The number of nitrogens with one attached hydrogen (secondary N) is 6. The Kier molecular flexibility index (Phi) is 34.8. The molecule has 145 heavy (non-hydrogen) atoms. The summed E-state index contributed by atoms with van der Waals surface area (Å²) in [6, 6.07) is 61.8. The van der Waals surface area contributed by atoms with Gasteiger partial charge in [-0.25, -0.2) is 28.1 Å². The molecule has 0 aliphatic heterocycles. The van der Waals surface area contributed by atoms with E-state index in [2.05, 4.69) is 93.8 Å². The Bertz CT molecular complexity index is 7610. The van der Waals surface area contributed by atoms with Gasteiger partial charge in [0.15, 0.2) is 34.2 Å². The molecule has 0 spiro atoms. The third kappa shape index (κ3) is 27.6. The Morgan fingerprint density at radius 2 is 0.503 bits per heavy atom. The molecule has 0 aliphatic rings. The van der Waals surface area contributed by atoms with Crippen LogP contribution in [0.5, 0.6) is 23.0 Å². The van der Waals surface area contributed by atoms with Crippen molar-refractivity contribution in [2.24, 2.45) is 0 Å². The molecule has 0 saturated carbocycles. The summed E-state index contributed by atoms with van der Waals surface area (Å²) >= 11 is 48.2. The van der Waals surface area contributed by atoms with Gasteiger partial charge in [-0.15, -0.1) is 30.6 Å². The number of benzene rings is 12. The van der Waals surface area contributed by atoms with Gasteiger partial charge in [0.2, 0.25) is 0 Å². The molecule has 0 bridgehead atoms. The summed E-state index contributed by atoms with van der Waals surface area (Å²) in [6.07, 6.45) is 9.10. The maximum Gasteiger partial charge on any atom is 0.277 e. The molecule has 0 unspecified atom stereocenters. The molecule has 42 heteroatoms. The molecule has 6 aromatic heterocycles. The van der Waals surface area contributed by atoms with Crippen molar-refractivity contribution < 1.29 is 49.2 Å². The molecule has 0 atom stereocenters. The molecule has 6 heterocycles. The summed E-state index contributed by atoms with van der Waals surface area (Å²) in [7, 11) is 0. The third-order valence-corrected chi connectivity index (χ3v) is 24.3. The zero-order chi connectivity index (χ0) is 104. The number of aromatic hydroxyl groups is 4. The lowest BCUT2D eigenvalue weighted by Gasteiger charge is -2.07. The van der Waals surface area contributed by atoms with Gasteiger partial charge in [-0.2, -0.15) is 0 Å². The van der Waals surface area contributed by atoms with E-state index in [-0.39, 0.29) is 91.7 Å². The number of rotatable bonds is 18. The molecular formula is C103H90Cl8N24O10. The Hall–Kier alpha value is -16.2. The van der Waals surface area contributed by atoms with E-state index < -0.39 is 5.91 Å². The summed E-state index contributed by atoms with van der Waals surface area (Å²) in [6.45, 7) is 24.4. The van der Waals surface area contributed by atoms with Crippen LogP contribution in [0.25, 0.3) is 34.1 Å². The van der Waals surface area contributed by atoms with Gasteiger partial charge < -0.3 is 52.3 Å². The van der Waals surface area contributed by atoms with Crippen molar-refractivity contribution in [3.8, 4) is 57.1 Å². The molecule has 0 saturated heterocycles. The second-order valence-corrected chi connectivity index (χ2v) is 36.3. The lowest BCUT2D eigenvalue weighted by molar-refractivity contribution is 0.101. The highest BCUT2D eigenvalue weighted by Gasteiger charge is 2.24. The Morgan fingerprint density at radius 3 is 0.814 bits per heavy atom. The summed E-state index contributed by atoms with van der Waals surface area (Å²) in [5.41, 5.74) is 20.2. The minimum absolute atomic E-state index is 0.0322.